The number of ketones is 1. The fraction of sp³-hybridized carbons (Fsp3) is 0.0952. The minimum atomic E-state index is -3.29. The Balaban J connectivity index is 2.18. The molecule has 0 saturated heterocycles. The maximum absolute atomic E-state index is 13.3. The van der Waals surface area contributed by atoms with Crippen molar-refractivity contribution in [2.45, 2.75) is 11.8 Å². The van der Waals surface area contributed by atoms with Crippen LogP contribution in [-0.2, 0) is 9.84 Å². The Morgan fingerprint density at radius 3 is 1.88 bits per heavy atom. The van der Waals surface area contributed by atoms with Crippen molar-refractivity contribution in [3.8, 4) is 22.3 Å². The Kier molecular flexibility index (Phi) is 4.74. The minimum absolute atomic E-state index is 0.0651. The van der Waals surface area contributed by atoms with Gasteiger partial charge >= 0.3 is 0 Å². The van der Waals surface area contributed by atoms with Crippen molar-refractivity contribution < 1.29 is 17.6 Å². The molecule has 0 spiro atoms. The summed E-state index contributed by atoms with van der Waals surface area (Å²) in [6.45, 7) is 1.49. The number of hydrogen-bond acceptors (Lipinski definition) is 3. The van der Waals surface area contributed by atoms with E-state index in [4.69, 9.17) is 0 Å². The molecule has 0 radical (unpaired) electrons. The van der Waals surface area contributed by atoms with E-state index in [1.807, 2.05) is 6.07 Å². The zero-order valence-electron chi connectivity index (χ0n) is 14.4. The second kappa shape index (κ2) is 6.84. The molecule has 3 aromatic rings. The molecule has 0 saturated carbocycles. The number of carbonyl (C=O) groups excluding carboxylic acids is 1. The highest BCUT2D eigenvalue weighted by atomic mass is 32.2. The highest BCUT2D eigenvalue weighted by Gasteiger charge is 2.12. The van der Waals surface area contributed by atoms with Crippen LogP contribution < -0.4 is 0 Å². The summed E-state index contributed by atoms with van der Waals surface area (Å²) in [6.07, 6.45) is 1.16. The van der Waals surface area contributed by atoms with Gasteiger partial charge in [-0.1, -0.05) is 36.4 Å². The largest absolute Gasteiger partial charge is 0.295 e. The smallest absolute Gasteiger partial charge is 0.175 e. The molecule has 0 amide bonds. The molecule has 3 rings (SSSR count). The Morgan fingerprint density at radius 2 is 1.35 bits per heavy atom. The molecule has 0 N–H and O–H groups in total. The molecule has 0 fully saturated rings. The standard InChI is InChI=1S/C21H17FO3S/c1-14(23)17-7-12-20(15-3-8-18(22)9-4-15)21(13-17)16-5-10-19(11-6-16)26(2,24)25/h3-13H,1-2H3. The van der Waals surface area contributed by atoms with Crippen molar-refractivity contribution in [2.24, 2.45) is 0 Å². The van der Waals surface area contributed by atoms with Crippen molar-refractivity contribution in [1.29, 1.82) is 0 Å². The first-order chi connectivity index (χ1) is 12.3. The summed E-state index contributed by atoms with van der Waals surface area (Å²) in [7, 11) is -3.29. The first-order valence-electron chi connectivity index (χ1n) is 7.97. The molecule has 0 aliphatic carbocycles. The maximum atomic E-state index is 13.3. The molecule has 0 heterocycles. The van der Waals surface area contributed by atoms with E-state index >= 15 is 0 Å². The average Bonchev–Trinajstić information content (AvgIpc) is 2.61. The van der Waals surface area contributed by atoms with Gasteiger partial charge < -0.3 is 0 Å². The van der Waals surface area contributed by atoms with E-state index in [0.29, 0.717) is 5.56 Å². The highest BCUT2D eigenvalue weighted by molar-refractivity contribution is 7.90. The molecule has 0 unspecified atom stereocenters. The Hall–Kier alpha value is -2.79. The second-order valence-electron chi connectivity index (χ2n) is 6.12. The summed E-state index contributed by atoms with van der Waals surface area (Å²) >= 11 is 0. The lowest BCUT2D eigenvalue weighted by Gasteiger charge is -2.12. The Labute approximate surface area is 152 Å². The third kappa shape index (κ3) is 3.73. The van der Waals surface area contributed by atoms with Crippen molar-refractivity contribution >= 4 is 15.6 Å². The van der Waals surface area contributed by atoms with Crippen LogP contribution in [0.15, 0.2) is 71.6 Å². The minimum Gasteiger partial charge on any atom is -0.295 e. The summed E-state index contributed by atoms with van der Waals surface area (Å²) in [6, 6.07) is 17.9. The third-order valence-corrected chi connectivity index (χ3v) is 5.30. The van der Waals surface area contributed by atoms with E-state index in [1.165, 1.54) is 19.1 Å². The normalized spacial score (nSPS) is 11.3. The van der Waals surface area contributed by atoms with Gasteiger partial charge in [0.05, 0.1) is 4.90 Å². The summed E-state index contributed by atoms with van der Waals surface area (Å²) in [4.78, 5) is 12.0. The number of sulfone groups is 1. The van der Waals surface area contributed by atoms with Gasteiger partial charge in [0.2, 0.25) is 0 Å². The summed E-state index contributed by atoms with van der Waals surface area (Å²) in [5.41, 5.74) is 3.76. The topological polar surface area (TPSA) is 51.2 Å². The van der Waals surface area contributed by atoms with Crippen molar-refractivity contribution in [3.05, 3.63) is 78.1 Å². The number of Topliss-reactive ketones (excluding diaryl/α,β-unsaturated/α-hetero) is 1. The van der Waals surface area contributed by atoms with E-state index in [0.717, 1.165) is 28.5 Å². The van der Waals surface area contributed by atoms with Crippen LogP contribution in [0, 0.1) is 5.82 Å². The van der Waals surface area contributed by atoms with Crippen LogP contribution in [0.4, 0.5) is 4.39 Å². The van der Waals surface area contributed by atoms with Crippen LogP contribution >= 0.6 is 0 Å². The number of halogens is 1. The summed E-state index contributed by atoms with van der Waals surface area (Å²) in [5, 5.41) is 0. The van der Waals surface area contributed by atoms with E-state index in [-0.39, 0.29) is 16.5 Å². The molecule has 3 nitrogen and oxygen atoms in total. The molecule has 5 heteroatoms. The SMILES string of the molecule is CC(=O)c1ccc(-c2ccc(F)cc2)c(-c2ccc(S(C)(=O)=O)cc2)c1. The van der Waals surface area contributed by atoms with Crippen LogP contribution in [-0.4, -0.2) is 20.5 Å². The molecule has 0 aliphatic heterocycles. The lowest BCUT2D eigenvalue weighted by molar-refractivity contribution is 0.101. The molecular weight excluding hydrogens is 351 g/mol. The molecule has 0 aromatic heterocycles. The van der Waals surface area contributed by atoms with Crippen molar-refractivity contribution in [3.63, 3.8) is 0 Å². The Morgan fingerprint density at radius 1 is 0.808 bits per heavy atom. The zero-order chi connectivity index (χ0) is 18.9. The zero-order valence-corrected chi connectivity index (χ0v) is 15.2. The number of rotatable bonds is 4. The third-order valence-electron chi connectivity index (χ3n) is 4.17. The molecular formula is C21H17FO3S. The van der Waals surface area contributed by atoms with Crippen LogP contribution in [0.5, 0.6) is 0 Å². The number of carbonyl (C=O) groups is 1. The summed E-state index contributed by atoms with van der Waals surface area (Å²) < 4.78 is 36.6. The van der Waals surface area contributed by atoms with Crippen molar-refractivity contribution in [2.75, 3.05) is 6.26 Å². The lowest BCUT2D eigenvalue weighted by atomic mass is 9.92. The van der Waals surface area contributed by atoms with Crippen LogP contribution in [0.3, 0.4) is 0 Å². The lowest BCUT2D eigenvalue weighted by Crippen LogP contribution is -1.97. The van der Waals surface area contributed by atoms with Gasteiger partial charge in [-0.05, 0) is 59.5 Å². The fourth-order valence-electron chi connectivity index (χ4n) is 2.76. The van der Waals surface area contributed by atoms with Crippen LogP contribution in [0.25, 0.3) is 22.3 Å². The molecule has 0 atom stereocenters. The van der Waals surface area contributed by atoms with Gasteiger partial charge in [0.15, 0.2) is 15.6 Å². The molecule has 26 heavy (non-hydrogen) atoms. The first kappa shape index (κ1) is 18.0. The Bertz CT molecular complexity index is 1070. The van der Waals surface area contributed by atoms with Gasteiger partial charge in [-0.3, -0.25) is 4.79 Å². The van der Waals surface area contributed by atoms with Crippen LogP contribution in [0.1, 0.15) is 17.3 Å². The number of hydrogen-bond donors (Lipinski definition) is 0. The van der Waals surface area contributed by atoms with E-state index in [2.05, 4.69) is 0 Å². The maximum Gasteiger partial charge on any atom is 0.175 e. The highest BCUT2D eigenvalue weighted by Crippen LogP contribution is 2.33. The molecule has 0 aliphatic rings. The van der Waals surface area contributed by atoms with Gasteiger partial charge in [-0.25, -0.2) is 12.8 Å². The monoisotopic (exact) mass is 368 g/mol. The van der Waals surface area contributed by atoms with Crippen LogP contribution in [0.2, 0.25) is 0 Å². The fourth-order valence-corrected chi connectivity index (χ4v) is 3.40. The molecule has 132 valence electrons. The first-order valence-corrected chi connectivity index (χ1v) is 9.86. The van der Waals surface area contributed by atoms with Gasteiger partial charge in [0.25, 0.3) is 0 Å². The average molecular weight is 368 g/mol. The summed E-state index contributed by atoms with van der Waals surface area (Å²) in [5.74, 6) is -0.391. The van der Waals surface area contributed by atoms with E-state index in [1.54, 1.807) is 48.5 Å². The van der Waals surface area contributed by atoms with Crippen molar-refractivity contribution in [1.82, 2.24) is 0 Å². The second-order valence-corrected chi connectivity index (χ2v) is 8.14. The van der Waals surface area contributed by atoms with Gasteiger partial charge in [-0.15, -0.1) is 0 Å². The molecule has 3 aromatic carbocycles. The predicted octanol–water partition coefficient (Wildman–Crippen LogP) is 4.77. The molecule has 0 bridgehead atoms. The predicted molar refractivity (Wildman–Crippen MR) is 100 cm³/mol. The number of benzene rings is 3. The quantitative estimate of drug-likeness (QED) is 0.624. The van der Waals surface area contributed by atoms with Gasteiger partial charge in [-0.2, -0.15) is 0 Å². The van der Waals surface area contributed by atoms with E-state index in [9.17, 15) is 17.6 Å². The van der Waals surface area contributed by atoms with Gasteiger partial charge in [0, 0.05) is 11.8 Å². The van der Waals surface area contributed by atoms with Gasteiger partial charge in [0.1, 0.15) is 5.82 Å². The van der Waals surface area contributed by atoms with E-state index < -0.39 is 9.84 Å².